The normalized spacial score (nSPS) is 11.4. The molecule has 2 nitrogen and oxygen atoms in total. The zero-order valence-corrected chi connectivity index (χ0v) is 24.9. The predicted molar refractivity (Wildman–Crippen MR) is 152 cm³/mol. The number of hydrogen-bond donors (Lipinski definition) is 0. The summed E-state index contributed by atoms with van der Waals surface area (Å²) in [5.74, 6) is -5.12. The van der Waals surface area contributed by atoms with E-state index in [0.29, 0.717) is 24.1 Å². The Morgan fingerprint density at radius 3 is 1.69 bits per heavy atom. The van der Waals surface area contributed by atoms with Crippen LogP contribution < -0.4 is 9.47 Å². The van der Waals surface area contributed by atoms with E-state index in [1.165, 1.54) is 18.2 Å². The van der Waals surface area contributed by atoms with Crippen LogP contribution in [0.2, 0.25) is 0 Å². The zero-order valence-electron chi connectivity index (χ0n) is 24.9. The number of alkyl halides is 5. The van der Waals surface area contributed by atoms with Gasteiger partial charge in [-0.1, -0.05) is 43.4 Å². The van der Waals surface area contributed by atoms with Gasteiger partial charge in [0.25, 0.3) is 0 Å². The first-order chi connectivity index (χ1) is 23.0. The van der Waals surface area contributed by atoms with Gasteiger partial charge >= 0.3 is 12.5 Å². The van der Waals surface area contributed by atoms with Crippen molar-refractivity contribution in [3.05, 3.63) is 129 Å². The number of aryl methyl sites for hydroxylation is 1. The zero-order chi connectivity index (χ0) is 36.1. The Hall–Kier alpha value is -5.24. The van der Waals surface area contributed by atoms with Crippen LogP contribution in [0, 0.1) is 64.4 Å². The number of ether oxygens (including phenoxy) is 2. The minimum absolute atomic E-state index is 0.000161. The third kappa shape index (κ3) is 9.44. The quantitative estimate of drug-likeness (QED) is 0.104. The van der Waals surface area contributed by atoms with E-state index in [9.17, 15) is 52.7 Å². The average Bonchev–Trinajstić information content (AvgIpc) is 2.97. The molecule has 0 saturated carbocycles. The lowest BCUT2D eigenvalue weighted by molar-refractivity contribution is -0.276. The molecule has 0 aromatic heterocycles. The van der Waals surface area contributed by atoms with Crippen molar-refractivity contribution < 1.29 is 62.2 Å². The molecule has 0 amide bonds. The lowest BCUT2D eigenvalue weighted by atomic mass is 10.0. The van der Waals surface area contributed by atoms with E-state index in [4.69, 9.17) is 0 Å². The molecule has 0 saturated heterocycles. The van der Waals surface area contributed by atoms with Gasteiger partial charge in [0.15, 0.2) is 11.6 Å². The molecule has 0 unspecified atom stereocenters. The summed E-state index contributed by atoms with van der Waals surface area (Å²) >= 11 is 0. The van der Waals surface area contributed by atoms with Crippen molar-refractivity contribution in [2.45, 2.75) is 45.1 Å². The highest BCUT2D eigenvalue weighted by Gasteiger charge is 2.42. The van der Waals surface area contributed by atoms with Crippen LogP contribution in [0.4, 0.5) is 52.7 Å². The summed E-state index contributed by atoms with van der Waals surface area (Å²) in [7, 11) is 0. The van der Waals surface area contributed by atoms with Gasteiger partial charge in [-0.2, -0.15) is 8.78 Å². The molecule has 0 N–H and O–H groups in total. The van der Waals surface area contributed by atoms with E-state index < -0.39 is 81.4 Å². The first kappa shape index (κ1) is 36.6. The van der Waals surface area contributed by atoms with Crippen LogP contribution >= 0.6 is 0 Å². The van der Waals surface area contributed by atoms with Gasteiger partial charge in [-0.05, 0) is 60.9 Å². The second-order valence-electron chi connectivity index (χ2n) is 10.3. The van der Waals surface area contributed by atoms with Crippen LogP contribution in [0.3, 0.4) is 0 Å². The third-order valence-corrected chi connectivity index (χ3v) is 6.58. The molecular weight excluding hydrogens is 680 g/mol. The lowest BCUT2D eigenvalue weighted by Gasteiger charge is -2.20. The minimum Gasteiger partial charge on any atom is -0.429 e. The predicted octanol–water partition coefficient (Wildman–Crippen LogP) is 10.2. The number of rotatable bonds is 8. The fourth-order valence-corrected chi connectivity index (χ4v) is 4.37. The fraction of sp³-hybridized carbons (Fsp3) is 0.200. The van der Waals surface area contributed by atoms with Gasteiger partial charge in [0.2, 0.25) is 5.75 Å². The van der Waals surface area contributed by atoms with Crippen LogP contribution in [-0.4, -0.2) is 6.36 Å². The first-order valence-corrected chi connectivity index (χ1v) is 14.1. The van der Waals surface area contributed by atoms with Crippen molar-refractivity contribution in [3.63, 3.8) is 0 Å². The Morgan fingerprint density at radius 1 is 0.571 bits per heavy atom. The smallest absolute Gasteiger partial charge is 0.429 e. The van der Waals surface area contributed by atoms with Crippen LogP contribution in [0.15, 0.2) is 54.6 Å². The fourth-order valence-electron chi connectivity index (χ4n) is 4.37. The molecule has 49 heavy (non-hydrogen) atoms. The highest BCUT2D eigenvalue weighted by Crippen LogP contribution is 2.38. The van der Waals surface area contributed by atoms with Gasteiger partial charge in [-0.15, -0.1) is 13.2 Å². The highest BCUT2D eigenvalue weighted by atomic mass is 19.4. The summed E-state index contributed by atoms with van der Waals surface area (Å²) in [6.07, 6.45) is -7.39. The van der Waals surface area contributed by atoms with Gasteiger partial charge < -0.3 is 9.47 Å². The van der Waals surface area contributed by atoms with Crippen molar-refractivity contribution in [2.75, 3.05) is 0 Å². The summed E-state index contributed by atoms with van der Waals surface area (Å²) in [5, 5.41) is 0. The molecule has 0 aliphatic carbocycles. The van der Waals surface area contributed by atoms with Crippen molar-refractivity contribution in [3.8, 4) is 35.2 Å². The number of hydrogen-bond acceptors (Lipinski definition) is 2. The molecule has 0 spiro atoms. The number of benzene rings is 4. The second kappa shape index (κ2) is 14.9. The minimum atomic E-state index is -5.53. The maximum atomic E-state index is 14.7. The number of halogens is 12. The topological polar surface area (TPSA) is 18.5 Å². The first-order valence-electron chi connectivity index (χ1n) is 14.1. The Bertz CT molecular complexity index is 1930. The summed E-state index contributed by atoms with van der Waals surface area (Å²) in [6.45, 7) is 1.99. The van der Waals surface area contributed by atoms with Crippen LogP contribution in [0.5, 0.6) is 11.5 Å². The molecule has 0 aliphatic heterocycles. The van der Waals surface area contributed by atoms with E-state index in [0.717, 1.165) is 31.4 Å². The van der Waals surface area contributed by atoms with Gasteiger partial charge in [0, 0.05) is 23.3 Å². The molecule has 4 aromatic rings. The number of unbranched alkanes of at least 4 members (excludes halogenated alkanes) is 2. The Labute approximate surface area is 271 Å². The summed E-state index contributed by atoms with van der Waals surface area (Å²) < 4.78 is 174. The third-order valence-electron chi connectivity index (χ3n) is 6.58. The molecule has 0 aliphatic rings. The van der Waals surface area contributed by atoms with Gasteiger partial charge in [-0.25, -0.2) is 30.7 Å². The highest BCUT2D eigenvalue weighted by molar-refractivity contribution is 5.50. The van der Waals surface area contributed by atoms with Crippen molar-refractivity contribution >= 4 is 0 Å². The average molecular weight is 701 g/mol. The Morgan fingerprint density at radius 2 is 1.14 bits per heavy atom. The lowest BCUT2D eigenvalue weighted by Crippen LogP contribution is -2.25. The molecule has 0 fully saturated rings. The van der Waals surface area contributed by atoms with Crippen LogP contribution in [-0.2, 0) is 12.5 Å². The molecule has 4 aromatic carbocycles. The Kier molecular flexibility index (Phi) is 11.1. The molecule has 0 bridgehead atoms. The largest absolute Gasteiger partial charge is 0.573 e. The maximum absolute atomic E-state index is 14.7. The van der Waals surface area contributed by atoms with Crippen molar-refractivity contribution in [1.82, 2.24) is 0 Å². The molecule has 14 heteroatoms. The van der Waals surface area contributed by atoms with Crippen LogP contribution in [0.1, 0.15) is 59.6 Å². The molecule has 0 radical (unpaired) electrons. The molecule has 4 rings (SSSR count). The molecule has 256 valence electrons. The van der Waals surface area contributed by atoms with E-state index in [1.807, 2.05) is 6.92 Å². The molecule has 0 heterocycles. The van der Waals surface area contributed by atoms with E-state index in [2.05, 4.69) is 33.2 Å². The van der Waals surface area contributed by atoms with Crippen molar-refractivity contribution in [2.24, 2.45) is 0 Å². The maximum Gasteiger partial charge on any atom is 0.573 e. The summed E-state index contributed by atoms with van der Waals surface area (Å²) in [4.78, 5) is 0. The monoisotopic (exact) mass is 700 g/mol. The van der Waals surface area contributed by atoms with Gasteiger partial charge in [0.1, 0.15) is 40.4 Å². The van der Waals surface area contributed by atoms with Crippen LogP contribution in [0.25, 0.3) is 0 Å². The SMILES string of the molecule is CCCCCc1cc(F)c(C#Cc2ccc(C#Cc3cc(F)c(C(F)(F)Oc4cc(F)c(OC(F)(F)F)c(F)c4)c(F)c3)c(F)c2)c(F)c1. The van der Waals surface area contributed by atoms with E-state index in [-0.39, 0.29) is 23.3 Å². The second-order valence-corrected chi connectivity index (χ2v) is 10.3. The van der Waals surface area contributed by atoms with Gasteiger partial charge in [0.05, 0.1) is 11.1 Å². The summed E-state index contributed by atoms with van der Waals surface area (Å²) in [5.41, 5.74) is -2.98. The van der Waals surface area contributed by atoms with E-state index in [1.54, 1.807) is 0 Å². The van der Waals surface area contributed by atoms with Gasteiger partial charge in [-0.3, -0.25) is 0 Å². The summed E-state index contributed by atoms with van der Waals surface area (Å²) in [6, 6.07) is 5.96. The van der Waals surface area contributed by atoms with E-state index >= 15 is 0 Å². The standard InChI is InChI=1S/C35H20F12O2/c1-2-3-4-5-20-13-26(37)24(27(38)14-20)11-8-19-6-9-22(25(36)12-19)10-7-21-15-28(39)32(29(40)16-21)34(43,44)48-23-17-30(41)33(31(42)18-23)49-35(45,46)47/h6,9,12-18H,2-5H2,1H3. The Balaban J connectivity index is 1.52. The molecule has 0 atom stereocenters. The van der Waals surface area contributed by atoms with Crippen molar-refractivity contribution in [1.29, 1.82) is 0 Å². The molecular formula is C35H20F12O2.